The number of amides is 1. The number of nitrogens with two attached hydrogens (primary N) is 1. The van der Waals surface area contributed by atoms with Gasteiger partial charge in [-0.2, -0.15) is 0 Å². The van der Waals surface area contributed by atoms with E-state index in [2.05, 4.69) is 16.1 Å². The Morgan fingerprint density at radius 3 is 3.00 bits per heavy atom. The molecule has 0 saturated heterocycles. The summed E-state index contributed by atoms with van der Waals surface area (Å²) in [5.41, 5.74) is 5.72. The predicted octanol–water partition coefficient (Wildman–Crippen LogP) is -0.205. The molecule has 0 aromatic heterocycles. The Morgan fingerprint density at radius 1 is 1.62 bits per heavy atom. The molecule has 1 amide bonds. The monoisotopic (exact) mass is 223 g/mol. The molecular weight excluding hydrogens is 202 g/mol. The number of terminal acetylenes is 1. The SMILES string of the molecule is C#CCNC(=O)CN(C)C1CCCC1CN. The first-order valence-corrected chi connectivity index (χ1v) is 5.79. The summed E-state index contributed by atoms with van der Waals surface area (Å²) in [6.45, 7) is 1.42. The van der Waals surface area contributed by atoms with Gasteiger partial charge in [-0.3, -0.25) is 9.69 Å². The lowest BCUT2D eigenvalue weighted by molar-refractivity contribution is -0.122. The fraction of sp³-hybridized carbons (Fsp3) is 0.750. The average molecular weight is 223 g/mol. The van der Waals surface area contributed by atoms with Gasteiger partial charge in [0, 0.05) is 6.04 Å². The van der Waals surface area contributed by atoms with Gasteiger partial charge in [0.25, 0.3) is 0 Å². The van der Waals surface area contributed by atoms with Crippen LogP contribution in [0.5, 0.6) is 0 Å². The summed E-state index contributed by atoms with van der Waals surface area (Å²) in [6, 6.07) is 0.446. The lowest BCUT2D eigenvalue weighted by atomic mass is 10.0. The summed E-state index contributed by atoms with van der Waals surface area (Å²) in [5, 5.41) is 2.67. The van der Waals surface area contributed by atoms with E-state index in [1.807, 2.05) is 7.05 Å². The number of carbonyl (C=O) groups excluding carboxylic acids is 1. The van der Waals surface area contributed by atoms with Crippen LogP contribution in [0.4, 0.5) is 0 Å². The normalized spacial score (nSPS) is 24.4. The van der Waals surface area contributed by atoms with E-state index in [9.17, 15) is 4.79 Å². The van der Waals surface area contributed by atoms with Gasteiger partial charge >= 0.3 is 0 Å². The number of nitrogens with zero attached hydrogens (tertiary/aromatic N) is 1. The minimum absolute atomic E-state index is 0.0110. The lowest BCUT2D eigenvalue weighted by Gasteiger charge is -2.28. The van der Waals surface area contributed by atoms with Crippen LogP contribution in [0.15, 0.2) is 0 Å². The van der Waals surface area contributed by atoms with Crippen LogP contribution in [0.3, 0.4) is 0 Å². The highest BCUT2D eigenvalue weighted by Gasteiger charge is 2.29. The van der Waals surface area contributed by atoms with Crippen LogP contribution in [0.25, 0.3) is 0 Å². The molecule has 1 aliphatic rings. The van der Waals surface area contributed by atoms with Gasteiger partial charge in [0.1, 0.15) is 0 Å². The van der Waals surface area contributed by atoms with Crippen molar-refractivity contribution in [1.29, 1.82) is 0 Å². The molecule has 0 radical (unpaired) electrons. The van der Waals surface area contributed by atoms with E-state index in [4.69, 9.17) is 12.2 Å². The van der Waals surface area contributed by atoms with E-state index < -0.39 is 0 Å². The molecule has 2 unspecified atom stereocenters. The van der Waals surface area contributed by atoms with Crippen molar-refractivity contribution in [3.8, 4) is 12.3 Å². The Morgan fingerprint density at radius 2 is 2.38 bits per heavy atom. The molecule has 2 atom stereocenters. The first-order valence-electron chi connectivity index (χ1n) is 5.79. The standard InChI is InChI=1S/C12H21N3O/c1-3-7-14-12(16)9-15(2)11-6-4-5-10(11)8-13/h1,10-11H,4-9,13H2,2H3,(H,14,16). The molecule has 0 aliphatic heterocycles. The first kappa shape index (κ1) is 13.0. The Hall–Kier alpha value is -1.05. The van der Waals surface area contributed by atoms with Gasteiger partial charge in [-0.1, -0.05) is 12.3 Å². The van der Waals surface area contributed by atoms with Crippen molar-refractivity contribution in [2.45, 2.75) is 25.3 Å². The molecule has 0 bridgehead atoms. The van der Waals surface area contributed by atoms with Crippen LogP contribution in [0, 0.1) is 18.3 Å². The molecule has 0 aromatic carbocycles. The maximum absolute atomic E-state index is 11.5. The fourth-order valence-corrected chi connectivity index (χ4v) is 2.42. The van der Waals surface area contributed by atoms with Gasteiger partial charge in [0.05, 0.1) is 13.1 Å². The number of rotatable bonds is 5. The summed E-state index contributed by atoms with van der Waals surface area (Å²) >= 11 is 0. The maximum atomic E-state index is 11.5. The Labute approximate surface area is 97.6 Å². The zero-order chi connectivity index (χ0) is 12.0. The summed E-state index contributed by atoms with van der Waals surface area (Å²) in [5.74, 6) is 2.91. The molecule has 90 valence electrons. The molecule has 0 aromatic rings. The van der Waals surface area contributed by atoms with Crippen LogP contribution < -0.4 is 11.1 Å². The van der Waals surface area contributed by atoms with Crippen molar-refractivity contribution in [2.24, 2.45) is 11.7 Å². The molecule has 16 heavy (non-hydrogen) atoms. The maximum Gasteiger partial charge on any atom is 0.234 e. The molecule has 4 nitrogen and oxygen atoms in total. The van der Waals surface area contributed by atoms with Crippen LogP contribution >= 0.6 is 0 Å². The highest BCUT2D eigenvalue weighted by molar-refractivity contribution is 5.78. The van der Waals surface area contributed by atoms with Crippen molar-refractivity contribution < 1.29 is 4.79 Å². The van der Waals surface area contributed by atoms with Crippen LogP contribution in [-0.2, 0) is 4.79 Å². The Bertz CT molecular complexity index is 272. The molecule has 1 rings (SSSR count). The summed E-state index contributed by atoms with van der Waals surface area (Å²) in [6.07, 6.45) is 8.61. The third-order valence-corrected chi connectivity index (χ3v) is 3.27. The second kappa shape index (κ2) is 6.51. The zero-order valence-corrected chi connectivity index (χ0v) is 9.91. The predicted molar refractivity (Wildman–Crippen MR) is 64.7 cm³/mol. The van der Waals surface area contributed by atoms with E-state index in [1.165, 1.54) is 12.8 Å². The first-order chi connectivity index (χ1) is 7.69. The highest BCUT2D eigenvalue weighted by atomic mass is 16.2. The molecule has 1 saturated carbocycles. The summed E-state index contributed by atoms with van der Waals surface area (Å²) in [4.78, 5) is 13.6. The van der Waals surface area contributed by atoms with Crippen LogP contribution in [-0.4, -0.2) is 43.5 Å². The number of carbonyl (C=O) groups is 1. The number of likely N-dealkylation sites (N-methyl/N-ethyl adjacent to an activating group) is 1. The van der Waals surface area contributed by atoms with Crippen molar-refractivity contribution in [3.05, 3.63) is 0 Å². The van der Waals surface area contributed by atoms with E-state index in [0.717, 1.165) is 6.42 Å². The fourth-order valence-electron chi connectivity index (χ4n) is 2.42. The Kier molecular flexibility index (Phi) is 5.30. The minimum Gasteiger partial charge on any atom is -0.344 e. The third-order valence-electron chi connectivity index (χ3n) is 3.27. The van der Waals surface area contributed by atoms with Crippen molar-refractivity contribution in [3.63, 3.8) is 0 Å². The highest BCUT2D eigenvalue weighted by Crippen LogP contribution is 2.28. The topological polar surface area (TPSA) is 58.4 Å². The summed E-state index contributed by atoms with van der Waals surface area (Å²) < 4.78 is 0. The van der Waals surface area contributed by atoms with E-state index >= 15 is 0 Å². The molecule has 3 N–H and O–H groups in total. The van der Waals surface area contributed by atoms with Gasteiger partial charge in [-0.25, -0.2) is 0 Å². The van der Waals surface area contributed by atoms with E-state index in [1.54, 1.807) is 0 Å². The smallest absolute Gasteiger partial charge is 0.234 e. The van der Waals surface area contributed by atoms with Gasteiger partial charge in [0.2, 0.25) is 5.91 Å². The average Bonchev–Trinajstić information content (AvgIpc) is 2.74. The molecule has 1 fully saturated rings. The number of nitrogens with one attached hydrogen (secondary N) is 1. The van der Waals surface area contributed by atoms with Gasteiger partial charge in [0.15, 0.2) is 0 Å². The second-order valence-corrected chi connectivity index (χ2v) is 4.39. The molecule has 0 spiro atoms. The van der Waals surface area contributed by atoms with Crippen LogP contribution in [0.1, 0.15) is 19.3 Å². The minimum atomic E-state index is -0.0110. The van der Waals surface area contributed by atoms with Gasteiger partial charge in [-0.15, -0.1) is 6.42 Å². The van der Waals surface area contributed by atoms with E-state index in [0.29, 0.717) is 31.6 Å². The van der Waals surface area contributed by atoms with Gasteiger partial charge < -0.3 is 11.1 Å². The second-order valence-electron chi connectivity index (χ2n) is 4.39. The quantitative estimate of drug-likeness (QED) is 0.634. The van der Waals surface area contributed by atoms with Crippen molar-refractivity contribution in [1.82, 2.24) is 10.2 Å². The van der Waals surface area contributed by atoms with Crippen molar-refractivity contribution >= 4 is 5.91 Å². The molecule has 0 heterocycles. The number of hydrogen-bond acceptors (Lipinski definition) is 3. The third kappa shape index (κ3) is 3.51. The summed E-state index contributed by atoms with van der Waals surface area (Å²) in [7, 11) is 1.98. The molecule has 4 heteroatoms. The van der Waals surface area contributed by atoms with Crippen molar-refractivity contribution in [2.75, 3.05) is 26.7 Å². The van der Waals surface area contributed by atoms with E-state index in [-0.39, 0.29) is 5.91 Å². The zero-order valence-electron chi connectivity index (χ0n) is 9.91. The molecular formula is C12H21N3O. The number of hydrogen-bond donors (Lipinski definition) is 2. The lowest BCUT2D eigenvalue weighted by Crippen LogP contribution is -2.43. The molecule has 1 aliphatic carbocycles. The largest absolute Gasteiger partial charge is 0.344 e. The Balaban J connectivity index is 2.36. The van der Waals surface area contributed by atoms with Crippen LogP contribution in [0.2, 0.25) is 0 Å². The van der Waals surface area contributed by atoms with Gasteiger partial charge in [-0.05, 0) is 32.4 Å².